The minimum absolute atomic E-state index is 0.259. The Morgan fingerprint density at radius 3 is 1.36 bits per heavy atom. The first-order valence-corrected chi connectivity index (χ1v) is 4.82. The first-order chi connectivity index (χ1) is 5.12. The molecule has 0 aromatic carbocycles. The summed E-state index contributed by atoms with van der Waals surface area (Å²) in [4.78, 5) is 0. The summed E-state index contributed by atoms with van der Waals surface area (Å²) in [7, 11) is 0. The number of hydrogen-bond acceptors (Lipinski definition) is 1. The Morgan fingerprint density at radius 2 is 1.18 bits per heavy atom. The Kier molecular flexibility index (Phi) is 1.54. The molecule has 2 rings (SSSR count). The van der Waals surface area contributed by atoms with E-state index in [1.807, 2.05) is 0 Å². The molecule has 0 bridgehead atoms. The number of rotatable bonds is 2. The zero-order valence-electron chi connectivity index (χ0n) is 7.65. The predicted octanol–water partition coefficient (Wildman–Crippen LogP) is 2.89. The van der Waals surface area contributed by atoms with Gasteiger partial charge in [-0.25, -0.2) is 0 Å². The molecule has 2 saturated carbocycles. The molecule has 1 heteroatoms. The van der Waals surface area contributed by atoms with Gasteiger partial charge in [-0.1, -0.05) is 0 Å². The van der Waals surface area contributed by atoms with Crippen molar-refractivity contribution in [1.29, 1.82) is 0 Å². The van der Waals surface area contributed by atoms with Crippen LogP contribution >= 0.6 is 0 Å². The van der Waals surface area contributed by atoms with Gasteiger partial charge >= 0.3 is 0 Å². The Bertz CT molecular complexity index is 136. The third-order valence-corrected chi connectivity index (χ3v) is 3.32. The van der Waals surface area contributed by atoms with Crippen LogP contribution in [0.25, 0.3) is 0 Å². The second-order valence-electron chi connectivity index (χ2n) is 4.71. The Hall–Kier alpha value is -0.0400. The van der Waals surface area contributed by atoms with Crippen molar-refractivity contribution in [3.63, 3.8) is 0 Å². The van der Waals surface area contributed by atoms with Crippen LogP contribution < -0.4 is 0 Å². The van der Waals surface area contributed by atoms with Gasteiger partial charge in [0, 0.05) is 0 Å². The van der Waals surface area contributed by atoms with Crippen molar-refractivity contribution in [2.24, 2.45) is 0 Å². The molecule has 2 fully saturated rings. The fraction of sp³-hybridized carbons (Fsp3) is 1.00. The average Bonchev–Trinajstić information content (AvgIpc) is 1.81. The topological polar surface area (TPSA) is 9.23 Å². The molecule has 2 aliphatic carbocycles. The molecular weight excluding hydrogens is 136 g/mol. The summed E-state index contributed by atoms with van der Waals surface area (Å²) in [6.45, 7) is 4.53. The SMILES string of the molecule is CC1(OC2(C)CCC2)CCC1. The van der Waals surface area contributed by atoms with Crippen molar-refractivity contribution in [3.8, 4) is 0 Å². The molecule has 0 saturated heterocycles. The van der Waals surface area contributed by atoms with E-state index in [4.69, 9.17) is 4.74 Å². The molecule has 0 atom stereocenters. The van der Waals surface area contributed by atoms with E-state index < -0.39 is 0 Å². The van der Waals surface area contributed by atoms with Crippen LogP contribution in [0.1, 0.15) is 52.4 Å². The van der Waals surface area contributed by atoms with Crippen LogP contribution in [0.4, 0.5) is 0 Å². The standard InChI is InChI=1S/C10H18O/c1-9(5-3-6-9)11-10(2)7-4-8-10/h3-8H2,1-2H3. The molecule has 0 aromatic heterocycles. The smallest absolute Gasteiger partial charge is 0.0662 e. The van der Waals surface area contributed by atoms with Gasteiger partial charge in [0.15, 0.2) is 0 Å². The predicted molar refractivity (Wildman–Crippen MR) is 45.6 cm³/mol. The van der Waals surface area contributed by atoms with Crippen LogP contribution in [0.5, 0.6) is 0 Å². The van der Waals surface area contributed by atoms with Gasteiger partial charge in [0.1, 0.15) is 0 Å². The molecular formula is C10H18O. The molecule has 0 radical (unpaired) electrons. The fourth-order valence-electron chi connectivity index (χ4n) is 2.15. The van der Waals surface area contributed by atoms with E-state index >= 15 is 0 Å². The Morgan fingerprint density at radius 1 is 0.818 bits per heavy atom. The molecule has 0 amide bonds. The first kappa shape index (κ1) is 7.60. The van der Waals surface area contributed by atoms with Gasteiger partial charge in [-0.05, 0) is 52.4 Å². The average molecular weight is 154 g/mol. The number of ether oxygens (including phenoxy) is 1. The summed E-state index contributed by atoms with van der Waals surface area (Å²) in [5.41, 5.74) is 0.518. The van der Waals surface area contributed by atoms with Crippen LogP contribution in [0.2, 0.25) is 0 Å². The largest absolute Gasteiger partial charge is 0.369 e. The maximum atomic E-state index is 6.10. The van der Waals surface area contributed by atoms with Gasteiger partial charge in [0.25, 0.3) is 0 Å². The summed E-state index contributed by atoms with van der Waals surface area (Å²) >= 11 is 0. The summed E-state index contributed by atoms with van der Waals surface area (Å²) in [6, 6.07) is 0. The lowest BCUT2D eigenvalue weighted by atomic mass is 9.77. The van der Waals surface area contributed by atoms with Crippen molar-refractivity contribution in [2.45, 2.75) is 63.6 Å². The van der Waals surface area contributed by atoms with Crippen LogP contribution in [0.3, 0.4) is 0 Å². The monoisotopic (exact) mass is 154 g/mol. The van der Waals surface area contributed by atoms with E-state index in [0.29, 0.717) is 0 Å². The zero-order chi connectivity index (χ0) is 7.95. The van der Waals surface area contributed by atoms with Crippen LogP contribution in [0.15, 0.2) is 0 Å². The molecule has 0 aliphatic heterocycles. The number of hydrogen-bond donors (Lipinski definition) is 0. The molecule has 64 valence electrons. The van der Waals surface area contributed by atoms with Gasteiger partial charge in [0.05, 0.1) is 11.2 Å². The van der Waals surface area contributed by atoms with Gasteiger partial charge < -0.3 is 4.74 Å². The van der Waals surface area contributed by atoms with Crippen LogP contribution in [-0.4, -0.2) is 11.2 Å². The lowest BCUT2D eigenvalue weighted by Crippen LogP contribution is -2.48. The van der Waals surface area contributed by atoms with Crippen molar-refractivity contribution < 1.29 is 4.74 Å². The van der Waals surface area contributed by atoms with Crippen molar-refractivity contribution in [2.75, 3.05) is 0 Å². The molecule has 0 heterocycles. The van der Waals surface area contributed by atoms with Gasteiger partial charge in [-0.3, -0.25) is 0 Å². The maximum Gasteiger partial charge on any atom is 0.0662 e. The molecule has 0 N–H and O–H groups in total. The third-order valence-electron chi connectivity index (χ3n) is 3.32. The maximum absolute atomic E-state index is 6.10. The zero-order valence-corrected chi connectivity index (χ0v) is 7.65. The highest BCUT2D eigenvalue weighted by Gasteiger charge is 2.42. The van der Waals surface area contributed by atoms with Gasteiger partial charge in [0.2, 0.25) is 0 Å². The van der Waals surface area contributed by atoms with Crippen molar-refractivity contribution in [1.82, 2.24) is 0 Å². The van der Waals surface area contributed by atoms with Gasteiger partial charge in [-0.15, -0.1) is 0 Å². The van der Waals surface area contributed by atoms with Gasteiger partial charge in [-0.2, -0.15) is 0 Å². The Balaban J connectivity index is 1.88. The van der Waals surface area contributed by atoms with Crippen LogP contribution in [-0.2, 0) is 4.74 Å². The lowest BCUT2D eigenvalue weighted by Gasteiger charge is -2.49. The second kappa shape index (κ2) is 2.22. The summed E-state index contributed by atoms with van der Waals surface area (Å²) in [6.07, 6.45) is 7.86. The van der Waals surface area contributed by atoms with Crippen LogP contribution in [0, 0.1) is 0 Å². The highest BCUT2D eigenvalue weighted by atomic mass is 16.5. The first-order valence-electron chi connectivity index (χ1n) is 4.82. The van der Waals surface area contributed by atoms with E-state index in [9.17, 15) is 0 Å². The van der Waals surface area contributed by atoms with E-state index in [1.54, 1.807) is 0 Å². The second-order valence-corrected chi connectivity index (χ2v) is 4.71. The molecule has 2 aliphatic rings. The normalized spacial score (nSPS) is 32.2. The van der Waals surface area contributed by atoms with Crippen molar-refractivity contribution >= 4 is 0 Å². The quantitative estimate of drug-likeness (QED) is 0.594. The molecule has 11 heavy (non-hydrogen) atoms. The molecule has 0 spiro atoms. The minimum atomic E-state index is 0.259. The summed E-state index contributed by atoms with van der Waals surface area (Å²) < 4.78 is 6.10. The van der Waals surface area contributed by atoms with E-state index in [0.717, 1.165) is 0 Å². The summed E-state index contributed by atoms with van der Waals surface area (Å²) in [5.74, 6) is 0. The Labute approximate surface area is 69.1 Å². The summed E-state index contributed by atoms with van der Waals surface area (Å²) in [5, 5.41) is 0. The van der Waals surface area contributed by atoms with E-state index in [-0.39, 0.29) is 11.2 Å². The van der Waals surface area contributed by atoms with E-state index in [2.05, 4.69) is 13.8 Å². The lowest BCUT2D eigenvalue weighted by molar-refractivity contribution is -0.203. The minimum Gasteiger partial charge on any atom is -0.369 e. The third kappa shape index (κ3) is 1.31. The molecule has 0 unspecified atom stereocenters. The molecule has 1 nitrogen and oxygen atoms in total. The van der Waals surface area contributed by atoms with Crippen molar-refractivity contribution in [3.05, 3.63) is 0 Å². The molecule has 0 aromatic rings. The highest BCUT2D eigenvalue weighted by molar-refractivity contribution is 4.93. The van der Waals surface area contributed by atoms with E-state index in [1.165, 1.54) is 38.5 Å². The highest BCUT2D eigenvalue weighted by Crippen LogP contribution is 2.44. The fourth-order valence-corrected chi connectivity index (χ4v) is 2.15.